The zero-order chi connectivity index (χ0) is 8.12. The van der Waals surface area contributed by atoms with Crippen LogP contribution >= 0.6 is 0 Å². The molecule has 1 N–H and O–H groups in total. The average molecular weight is 394 g/mol. The quantitative estimate of drug-likeness (QED) is 0.364. The third-order valence-corrected chi connectivity index (χ3v) is 0. The summed E-state index contributed by atoms with van der Waals surface area (Å²) in [7, 11) is 0. The van der Waals surface area contributed by atoms with Crippen molar-refractivity contribution < 1.29 is 108 Å². The molecule has 12 heavy (non-hydrogen) atoms. The summed E-state index contributed by atoms with van der Waals surface area (Å²) in [6.07, 6.45) is 4.99. The maximum Gasteiger partial charge on any atom is 0 e. The molecular formula is C7H11O2Y3-3. The van der Waals surface area contributed by atoms with E-state index in [1.165, 1.54) is 0 Å². The Labute approximate surface area is 151 Å². The van der Waals surface area contributed by atoms with Gasteiger partial charge in [0.25, 0.3) is 0 Å². The molecule has 0 saturated carbocycles. The molecule has 3 radical (unpaired) electrons. The van der Waals surface area contributed by atoms with Gasteiger partial charge in [-0.15, -0.1) is 0 Å². The Kier molecular flexibility index (Phi) is 221. The number of aliphatic hydroxyl groups is 1. The van der Waals surface area contributed by atoms with Gasteiger partial charge in [0, 0.05) is 98.1 Å². The Morgan fingerprint density at radius 1 is 1.42 bits per heavy atom. The molecule has 0 unspecified atom stereocenters. The van der Waals surface area contributed by atoms with Crippen LogP contribution in [0.4, 0.5) is 0 Å². The van der Waals surface area contributed by atoms with E-state index >= 15 is 0 Å². The zero-order valence-electron chi connectivity index (χ0n) is 7.07. The fraction of sp³-hybridized carbons (Fsp3) is 0.143. The Morgan fingerprint density at radius 2 is 1.42 bits per heavy atom. The van der Waals surface area contributed by atoms with Crippen LogP contribution in [0.5, 0.6) is 0 Å². The molecular weight excluding hydrogens is 383 g/mol. The van der Waals surface area contributed by atoms with E-state index in [0.29, 0.717) is 6.29 Å². The second kappa shape index (κ2) is 72.2. The summed E-state index contributed by atoms with van der Waals surface area (Å²) in [4.78, 5) is 8.69. The molecule has 0 heterocycles. The van der Waals surface area contributed by atoms with Gasteiger partial charge < -0.3 is 36.1 Å². The van der Waals surface area contributed by atoms with Crippen LogP contribution in [0.1, 0.15) is 0 Å². The van der Waals surface area contributed by atoms with Crippen molar-refractivity contribution >= 4 is 6.29 Å². The Balaban J connectivity index is -0.00000001000. The standard InChI is InChI=1S/C3H3.C2H5O.C2H3O.3Y/c1-3-2;2*1-2-3;;;/h1H,2H2;3H,1-2H2;2H,1H2;;;/q3*-1;;;. The van der Waals surface area contributed by atoms with Gasteiger partial charge in [0.15, 0.2) is 0 Å². The van der Waals surface area contributed by atoms with Crippen LogP contribution in [0.25, 0.3) is 0 Å². The van der Waals surface area contributed by atoms with Gasteiger partial charge in [-0.05, 0) is 6.29 Å². The van der Waals surface area contributed by atoms with Crippen molar-refractivity contribution in [2.24, 2.45) is 0 Å². The van der Waals surface area contributed by atoms with Crippen LogP contribution in [0.15, 0.2) is 0 Å². The topological polar surface area (TPSA) is 37.3 Å². The minimum Gasteiger partial charge on any atom is -0.428 e. The van der Waals surface area contributed by atoms with Gasteiger partial charge in [-0.1, -0.05) is 6.61 Å². The van der Waals surface area contributed by atoms with Gasteiger partial charge in [-0.25, -0.2) is 0 Å². The molecule has 0 fully saturated rings. The van der Waals surface area contributed by atoms with Crippen LogP contribution in [-0.4, -0.2) is 18.0 Å². The number of carbonyl (C=O) groups is 1. The molecule has 0 aromatic heterocycles. The first-order valence-corrected chi connectivity index (χ1v) is 2.10. The smallest absolute Gasteiger partial charge is 0 e. The van der Waals surface area contributed by atoms with Gasteiger partial charge in [0.2, 0.25) is 0 Å². The van der Waals surface area contributed by atoms with E-state index in [4.69, 9.17) is 9.90 Å². The number of aldehydes is 1. The van der Waals surface area contributed by atoms with Crippen LogP contribution in [-0.2, 0) is 103 Å². The van der Waals surface area contributed by atoms with E-state index in [0.717, 1.165) is 0 Å². The molecule has 0 aromatic rings. The number of hydrogen-bond donors (Lipinski definition) is 1. The van der Waals surface area contributed by atoms with Crippen molar-refractivity contribution in [3.05, 3.63) is 20.8 Å². The van der Waals surface area contributed by atoms with Crippen LogP contribution in [0.3, 0.4) is 0 Å². The van der Waals surface area contributed by atoms with Crippen molar-refractivity contribution in [1.82, 2.24) is 0 Å². The number of hydrogen-bond acceptors (Lipinski definition) is 2. The predicted octanol–water partition coefficient (Wildman–Crippen LogP) is 0.278. The maximum atomic E-state index is 8.69. The fourth-order valence-corrected chi connectivity index (χ4v) is 0. The van der Waals surface area contributed by atoms with Crippen molar-refractivity contribution in [3.8, 4) is 12.3 Å². The maximum absolute atomic E-state index is 8.69. The van der Waals surface area contributed by atoms with Crippen LogP contribution in [0, 0.1) is 33.1 Å². The molecule has 0 aliphatic rings. The van der Waals surface area contributed by atoms with E-state index in [2.05, 4.69) is 27.2 Å². The molecule has 0 rings (SSSR count). The van der Waals surface area contributed by atoms with Gasteiger partial charge in [-0.3, -0.25) is 0 Å². The monoisotopic (exact) mass is 394 g/mol. The summed E-state index contributed by atoms with van der Waals surface area (Å²) < 4.78 is 0. The van der Waals surface area contributed by atoms with Crippen molar-refractivity contribution in [2.45, 2.75) is 0 Å². The largest absolute Gasteiger partial charge is 0.428 e. The molecule has 0 aliphatic heterocycles. The SMILES string of the molecule is C#C[CH2-].[CH2-]C=O.[CH2-]CO.[Y].[Y].[Y]. The molecule has 63 valence electrons. The second-order valence-corrected chi connectivity index (χ2v) is 0.594. The summed E-state index contributed by atoms with van der Waals surface area (Å²) in [5, 5.41) is 7.46. The minimum absolute atomic E-state index is 0. The second-order valence-electron chi connectivity index (χ2n) is 0.594. The van der Waals surface area contributed by atoms with E-state index in [1.54, 1.807) is 0 Å². The number of terminal acetylenes is 1. The van der Waals surface area contributed by atoms with Gasteiger partial charge >= 0.3 is 0 Å². The molecule has 0 spiro atoms. The fourth-order valence-electron chi connectivity index (χ4n) is 0. The summed E-state index contributed by atoms with van der Waals surface area (Å²) >= 11 is 0. The van der Waals surface area contributed by atoms with E-state index in [9.17, 15) is 0 Å². The first-order chi connectivity index (χ1) is 4.24. The Bertz CT molecular complexity index is 71.5. The molecule has 0 aromatic carbocycles. The van der Waals surface area contributed by atoms with Crippen LogP contribution in [0.2, 0.25) is 0 Å². The van der Waals surface area contributed by atoms with E-state index in [-0.39, 0.29) is 105 Å². The van der Waals surface area contributed by atoms with Gasteiger partial charge in [0.1, 0.15) is 0 Å². The third-order valence-electron chi connectivity index (χ3n) is 0. The van der Waals surface area contributed by atoms with Crippen molar-refractivity contribution in [3.63, 3.8) is 0 Å². The zero-order valence-corrected chi connectivity index (χ0v) is 15.6. The number of carbonyl (C=O) groups excluding carboxylic acids is 1. The first-order valence-electron chi connectivity index (χ1n) is 2.10. The van der Waals surface area contributed by atoms with E-state index in [1.807, 2.05) is 5.92 Å². The predicted molar refractivity (Wildman–Crippen MR) is 38.1 cm³/mol. The van der Waals surface area contributed by atoms with Gasteiger partial charge in [0.05, 0.1) is 0 Å². The molecule has 2 nitrogen and oxygen atoms in total. The minimum atomic E-state index is 0. The molecule has 0 bridgehead atoms. The summed E-state index contributed by atoms with van der Waals surface area (Å²) in [6.45, 7) is 8.86. The molecule has 0 amide bonds. The molecule has 5 heteroatoms. The summed E-state index contributed by atoms with van der Waals surface area (Å²) in [5.41, 5.74) is 0. The van der Waals surface area contributed by atoms with E-state index < -0.39 is 0 Å². The van der Waals surface area contributed by atoms with Gasteiger partial charge in [-0.2, -0.15) is 6.92 Å². The number of rotatable bonds is 0. The number of aliphatic hydroxyl groups excluding tert-OH is 1. The van der Waals surface area contributed by atoms with Crippen molar-refractivity contribution in [1.29, 1.82) is 0 Å². The summed E-state index contributed by atoms with van der Waals surface area (Å²) in [5.74, 6) is 2.00. The molecule has 0 atom stereocenters. The summed E-state index contributed by atoms with van der Waals surface area (Å²) in [6, 6.07) is 0. The Morgan fingerprint density at radius 3 is 1.42 bits per heavy atom. The van der Waals surface area contributed by atoms with Crippen LogP contribution < -0.4 is 0 Å². The normalized spacial score (nSPS) is 3.08. The first kappa shape index (κ1) is 36.8. The molecule has 0 aliphatic carbocycles. The molecule has 0 saturated heterocycles. The van der Waals surface area contributed by atoms with Crippen molar-refractivity contribution in [2.75, 3.05) is 6.61 Å². The average Bonchev–Trinajstić information content (AvgIpc) is 1.70. The third kappa shape index (κ3) is 308. The Hall–Kier alpha value is 2.24.